The average Bonchev–Trinajstić information content (AvgIpc) is 3.88. The lowest BCUT2D eigenvalue weighted by Gasteiger charge is -2.15. The van der Waals surface area contributed by atoms with E-state index in [-0.39, 0.29) is 0 Å². The molecule has 4 nitrogen and oxygen atoms in total. The summed E-state index contributed by atoms with van der Waals surface area (Å²) in [4.78, 5) is 11.2. The van der Waals surface area contributed by atoms with Crippen LogP contribution in [-0.2, 0) is 0 Å². The molecule has 3 heterocycles. The van der Waals surface area contributed by atoms with Crippen molar-refractivity contribution in [3.63, 3.8) is 0 Å². The second kappa shape index (κ2) is 14.5. The largest absolute Gasteiger partial charge is 0.309 e. The highest BCUT2D eigenvalue weighted by molar-refractivity contribution is 6.25. The summed E-state index contributed by atoms with van der Waals surface area (Å²) in [6, 6.07) is 82.5. The summed E-state index contributed by atoms with van der Waals surface area (Å²) in [5, 5.41) is 7.36. The topological polar surface area (TPSA) is 35.6 Å². The number of benzene rings is 10. The Morgan fingerprint density at radius 1 is 0.297 bits per heavy atom. The third kappa shape index (κ3) is 5.70. The van der Waals surface area contributed by atoms with E-state index in [2.05, 4.69) is 240 Å². The summed E-state index contributed by atoms with van der Waals surface area (Å²) >= 11 is 0. The zero-order valence-electron chi connectivity index (χ0n) is 34.7. The van der Waals surface area contributed by atoms with Gasteiger partial charge in [0, 0.05) is 38.4 Å². The molecule has 0 radical (unpaired) electrons. The van der Waals surface area contributed by atoms with E-state index in [0.717, 1.165) is 72.6 Å². The molecular weight excluding hydrogens is 777 g/mol. The quantitative estimate of drug-likeness (QED) is 0.168. The fourth-order valence-electron chi connectivity index (χ4n) is 9.91. The van der Waals surface area contributed by atoms with Gasteiger partial charge in [0.05, 0.1) is 44.7 Å². The average molecular weight is 815 g/mol. The first-order chi connectivity index (χ1) is 31.7. The number of para-hydroxylation sites is 3. The molecule has 0 atom stereocenters. The van der Waals surface area contributed by atoms with Crippen LogP contribution in [0.5, 0.6) is 0 Å². The third-order valence-corrected chi connectivity index (χ3v) is 12.9. The maximum Gasteiger partial charge on any atom is 0.113 e. The zero-order chi connectivity index (χ0) is 42.1. The van der Waals surface area contributed by atoms with Gasteiger partial charge in [-0.15, -0.1) is 0 Å². The van der Waals surface area contributed by atoms with Crippen molar-refractivity contribution in [3.8, 4) is 56.1 Å². The SMILES string of the molecule is c1ccc(-c2ccc(-c3nc4cccc(-n5c6ccccc6c6cc7c8c9ccccc9ccc8n(-c8ccccc8)c7cc65)c4nc3-c3ccc(-c4ccccc4)cc3)cc2)cc1. The van der Waals surface area contributed by atoms with Gasteiger partial charge >= 0.3 is 0 Å². The van der Waals surface area contributed by atoms with Crippen molar-refractivity contribution in [3.05, 3.63) is 231 Å². The number of rotatable bonds is 6. The first-order valence-corrected chi connectivity index (χ1v) is 21.8. The second-order valence-corrected chi connectivity index (χ2v) is 16.5. The van der Waals surface area contributed by atoms with E-state index >= 15 is 0 Å². The minimum Gasteiger partial charge on any atom is -0.309 e. The third-order valence-electron chi connectivity index (χ3n) is 12.9. The van der Waals surface area contributed by atoms with E-state index < -0.39 is 0 Å². The molecule has 0 amide bonds. The van der Waals surface area contributed by atoms with E-state index in [9.17, 15) is 0 Å². The predicted octanol–water partition coefficient (Wildman–Crippen LogP) is 15.6. The van der Waals surface area contributed by atoms with Crippen LogP contribution in [0.15, 0.2) is 231 Å². The number of hydrogen-bond acceptors (Lipinski definition) is 2. The molecule has 0 saturated heterocycles. The van der Waals surface area contributed by atoms with Gasteiger partial charge in [0.25, 0.3) is 0 Å². The van der Waals surface area contributed by atoms with Gasteiger partial charge < -0.3 is 9.13 Å². The van der Waals surface area contributed by atoms with Crippen LogP contribution in [0.2, 0.25) is 0 Å². The smallest absolute Gasteiger partial charge is 0.113 e. The molecule has 0 spiro atoms. The molecule has 13 rings (SSSR count). The molecule has 10 aromatic carbocycles. The Hall–Kier alpha value is -8.60. The Kier molecular flexibility index (Phi) is 8.18. The molecule has 0 unspecified atom stereocenters. The lowest BCUT2D eigenvalue weighted by molar-refractivity contribution is 1.16. The maximum absolute atomic E-state index is 5.68. The Bertz CT molecular complexity index is 3910. The number of aromatic nitrogens is 4. The van der Waals surface area contributed by atoms with Crippen molar-refractivity contribution in [1.82, 2.24) is 19.1 Å². The van der Waals surface area contributed by atoms with Gasteiger partial charge in [0.2, 0.25) is 0 Å². The van der Waals surface area contributed by atoms with Crippen molar-refractivity contribution in [2.45, 2.75) is 0 Å². The van der Waals surface area contributed by atoms with Gasteiger partial charge in [0.1, 0.15) is 5.52 Å². The minimum atomic E-state index is 0.834. The molecule has 13 aromatic rings. The Labute approximate surface area is 369 Å². The van der Waals surface area contributed by atoms with E-state index in [4.69, 9.17) is 9.97 Å². The predicted molar refractivity (Wildman–Crippen MR) is 267 cm³/mol. The van der Waals surface area contributed by atoms with Crippen molar-refractivity contribution in [2.24, 2.45) is 0 Å². The van der Waals surface area contributed by atoms with Crippen LogP contribution < -0.4 is 0 Å². The highest BCUT2D eigenvalue weighted by Gasteiger charge is 2.22. The van der Waals surface area contributed by atoms with Crippen LogP contribution >= 0.6 is 0 Å². The molecule has 3 aromatic heterocycles. The van der Waals surface area contributed by atoms with Gasteiger partial charge in [-0.2, -0.15) is 0 Å². The van der Waals surface area contributed by atoms with Crippen molar-refractivity contribution in [1.29, 1.82) is 0 Å². The van der Waals surface area contributed by atoms with Gasteiger partial charge in [-0.3, -0.25) is 0 Å². The molecule has 0 saturated carbocycles. The molecule has 0 bridgehead atoms. The number of nitrogens with zero attached hydrogens (tertiary/aromatic N) is 4. The fourth-order valence-corrected chi connectivity index (χ4v) is 9.91. The van der Waals surface area contributed by atoms with Crippen molar-refractivity contribution >= 4 is 65.4 Å². The molecular formula is C60H38N4. The van der Waals surface area contributed by atoms with Gasteiger partial charge in [0.15, 0.2) is 0 Å². The monoisotopic (exact) mass is 814 g/mol. The molecule has 0 N–H and O–H groups in total. The minimum absolute atomic E-state index is 0.834. The first kappa shape index (κ1) is 36.1. The Balaban J connectivity index is 1.08. The van der Waals surface area contributed by atoms with E-state index in [1.54, 1.807) is 0 Å². The van der Waals surface area contributed by atoms with Gasteiger partial charge in [-0.05, 0) is 81.6 Å². The Morgan fingerprint density at radius 2 is 0.844 bits per heavy atom. The standard InChI is InChI=1S/C60H38N4/c1-4-15-39(16-5-1)41-27-31-44(32-28-41)58-59(45-33-29-42(30-34-45)40-17-6-2-7-18-40)62-60-51(61-58)24-14-26-54(60)64-52-25-13-12-23-48(52)49-37-50-56(38-55(49)64)63(46-20-8-3-9-21-46)53-36-35-43-19-10-11-22-47(43)57(50)53/h1-38H. The summed E-state index contributed by atoms with van der Waals surface area (Å²) in [6.07, 6.45) is 0. The maximum atomic E-state index is 5.68. The van der Waals surface area contributed by atoms with E-state index in [1.165, 1.54) is 49.0 Å². The van der Waals surface area contributed by atoms with Crippen LogP contribution in [0.25, 0.3) is 122 Å². The second-order valence-electron chi connectivity index (χ2n) is 16.5. The highest BCUT2D eigenvalue weighted by Crippen LogP contribution is 2.43. The molecule has 0 fully saturated rings. The van der Waals surface area contributed by atoms with Crippen LogP contribution in [0.4, 0.5) is 0 Å². The summed E-state index contributed by atoms with van der Waals surface area (Å²) < 4.78 is 4.83. The molecule has 0 aliphatic carbocycles. The summed E-state index contributed by atoms with van der Waals surface area (Å²) in [5.74, 6) is 0. The molecule has 0 aliphatic heterocycles. The lowest BCUT2D eigenvalue weighted by Crippen LogP contribution is -2.01. The summed E-state index contributed by atoms with van der Waals surface area (Å²) in [6.45, 7) is 0. The Morgan fingerprint density at radius 3 is 1.53 bits per heavy atom. The first-order valence-electron chi connectivity index (χ1n) is 21.8. The van der Waals surface area contributed by atoms with Crippen molar-refractivity contribution < 1.29 is 0 Å². The zero-order valence-corrected chi connectivity index (χ0v) is 34.7. The lowest BCUT2D eigenvalue weighted by atomic mass is 9.98. The molecule has 298 valence electrons. The molecule has 4 heteroatoms. The van der Waals surface area contributed by atoms with E-state index in [0.29, 0.717) is 0 Å². The van der Waals surface area contributed by atoms with Crippen molar-refractivity contribution in [2.75, 3.05) is 0 Å². The summed E-state index contributed by atoms with van der Waals surface area (Å²) in [5.41, 5.74) is 16.7. The fraction of sp³-hybridized carbons (Fsp3) is 0. The van der Waals surface area contributed by atoms with Gasteiger partial charge in [-0.25, -0.2) is 9.97 Å². The number of hydrogen-bond donors (Lipinski definition) is 0. The molecule has 0 aliphatic rings. The van der Waals surface area contributed by atoms with Crippen LogP contribution in [0, 0.1) is 0 Å². The number of fused-ring (bicyclic) bond motifs is 9. The van der Waals surface area contributed by atoms with E-state index in [1.807, 2.05) is 0 Å². The van der Waals surface area contributed by atoms with Crippen LogP contribution in [0.3, 0.4) is 0 Å². The highest BCUT2D eigenvalue weighted by atomic mass is 15.0. The normalized spacial score (nSPS) is 11.8. The summed E-state index contributed by atoms with van der Waals surface area (Å²) in [7, 11) is 0. The van der Waals surface area contributed by atoms with Crippen LogP contribution in [0.1, 0.15) is 0 Å². The molecule has 64 heavy (non-hydrogen) atoms. The van der Waals surface area contributed by atoms with Crippen LogP contribution in [-0.4, -0.2) is 19.1 Å². The van der Waals surface area contributed by atoms with Gasteiger partial charge in [-0.1, -0.05) is 182 Å².